The molecule has 19 heavy (non-hydrogen) atoms. The van der Waals surface area contributed by atoms with Crippen molar-refractivity contribution in [2.45, 2.75) is 19.9 Å². The predicted molar refractivity (Wildman–Crippen MR) is 76.1 cm³/mol. The number of aromatic nitrogens is 4. The third-order valence-electron chi connectivity index (χ3n) is 3.04. The van der Waals surface area contributed by atoms with Crippen LogP contribution >= 0.6 is 11.6 Å². The first kappa shape index (κ1) is 12.0. The van der Waals surface area contributed by atoms with Gasteiger partial charge in [-0.1, -0.05) is 18.5 Å². The Balaban J connectivity index is 2.19. The van der Waals surface area contributed by atoms with Crippen molar-refractivity contribution in [1.82, 2.24) is 18.9 Å². The molecule has 0 atom stereocenters. The lowest BCUT2D eigenvalue weighted by Gasteiger charge is -2.04. The molecule has 0 saturated heterocycles. The average Bonchev–Trinajstić information content (AvgIpc) is 2.96. The smallest absolute Gasteiger partial charge is 0.139 e. The molecule has 0 spiro atoms. The molecule has 5 nitrogen and oxygen atoms in total. The number of fused-ring (bicyclic) bond motifs is 1. The average molecular weight is 276 g/mol. The van der Waals surface area contributed by atoms with Gasteiger partial charge in [-0.05, 0) is 18.6 Å². The molecule has 0 unspecified atom stereocenters. The molecule has 0 aromatic carbocycles. The zero-order chi connectivity index (χ0) is 13.4. The number of nitrogen functional groups attached to an aromatic ring is 1. The molecule has 0 aliphatic carbocycles. The maximum atomic E-state index is 6.16. The first-order valence-electron chi connectivity index (χ1n) is 6.14. The van der Waals surface area contributed by atoms with Crippen molar-refractivity contribution in [3.63, 3.8) is 0 Å². The lowest BCUT2D eigenvalue weighted by Crippen LogP contribution is -2.00. The number of hydrogen-bond acceptors (Lipinski definition) is 3. The lowest BCUT2D eigenvalue weighted by molar-refractivity contribution is 0.683. The molecule has 0 fully saturated rings. The molecule has 98 valence electrons. The minimum Gasteiger partial charge on any atom is -0.383 e. The monoisotopic (exact) mass is 275 g/mol. The highest BCUT2D eigenvalue weighted by molar-refractivity contribution is 6.30. The van der Waals surface area contributed by atoms with Gasteiger partial charge in [0.15, 0.2) is 0 Å². The maximum absolute atomic E-state index is 6.16. The van der Waals surface area contributed by atoms with Gasteiger partial charge in [0.1, 0.15) is 17.2 Å². The molecule has 0 bridgehead atoms. The SMILES string of the molecule is CCCn1cncc1-c1nc2ccc(Cl)cn2c1N. The molecule has 0 radical (unpaired) electrons. The molecular weight excluding hydrogens is 262 g/mol. The largest absolute Gasteiger partial charge is 0.383 e. The van der Waals surface area contributed by atoms with Crippen LogP contribution in [0.25, 0.3) is 17.0 Å². The van der Waals surface area contributed by atoms with Gasteiger partial charge in [0.2, 0.25) is 0 Å². The van der Waals surface area contributed by atoms with Crippen molar-refractivity contribution >= 4 is 23.1 Å². The standard InChI is InChI=1S/C13H14ClN5/c1-2-5-18-8-16-6-10(18)12-13(15)19-7-9(14)3-4-11(19)17-12/h3-4,6-8H,2,5,15H2,1H3. The van der Waals surface area contributed by atoms with E-state index >= 15 is 0 Å². The van der Waals surface area contributed by atoms with Crippen molar-refractivity contribution in [3.8, 4) is 11.4 Å². The molecule has 0 aliphatic rings. The Morgan fingerprint density at radius 3 is 3.00 bits per heavy atom. The minimum atomic E-state index is 0.579. The number of nitrogens with zero attached hydrogens (tertiary/aromatic N) is 4. The molecule has 3 aromatic rings. The zero-order valence-corrected chi connectivity index (χ0v) is 11.3. The summed E-state index contributed by atoms with van der Waals surface area (Å²) in [6, 6.07) is 3.65. The Bertz CT molecular complexity index is 728. The number of imidazole rings is 2. The van der Waals surface area contributed by atoms with E-state index in [1.807, 2.05) is 6.07 Å². The molecule has 0 saturated carbocycles. The van der Waals surface area contributed by atoms with Crippen LogP contribution in [0.1, 0.15) is 13.3 Å². The van der Waals surface area contributed by atoms with Gasteiger partial charge in [0.05, 0.1) is 23.2 Å². The summed E-state index contributed by atoms with van der Waals surface area (Å²) in [6.07, 6.45) is 6.39. The van der Waals surface area contributed by atoms with E-state index in [4.69, 9.17) is 17.3 Å². The molecule has 0 aliphatic heterocycles. The van der Waals surface area contributed by atoms with Crippen LogP contribution in [0.5, 0.6) is 0 Å². The fraction of sp³-hybridized carbons (Fsp3) is 0.231. The van der Waals surface area contributed by atoms with Gasteiger partial charge >= 0.3 is 0 Å². The number of aryl methyl sites for hydroxylation is 1. The third-order valence-corrected chi connectivity index (χ3v) is 3.26. The summed E-state index contributed by atoms with van der Waals surface area (Å²) in [5, 5.41) is 0.630. The summed E-state index contributed by atoms with van der Waals surface area (Å²) in [6.45, 7) is 3.01. The Labute approximate surface area is 115 Å². The van der Waals surface area contributed by atoms with E-state index in [1.54, 1.807) is 29.2 Å². The summed E-state index contributed by atoms with van der Waals surface area (Å²) >= 11 is 5.98. The van der Waals surface area contributed by atoms with Crippen LogP contribution in [0.3, 0.4) is 0 Å². The molecule has 3 aromatic heterocycles. The molecule has 2 N–H and O–H groups in total. The summed E-state index contributed by atoms with van der Waals surface area (Å²) < 4.78 is 3.85. The topological polar surface area (TPSA) is 61.1 Å². The van der Waals surface area contributed by atoms with E-state index in [0.29, 0.717) is 10.8 Å². The highest BCUT2D eigenvalue weighted by atomic mass is 35.5. The lowest BCUT2D eigenvalue weighted by atomic mass is 10.3. The Morgan fingerprint density at radius 2 is 2.21 bits per heavy atom. The van der Waals surface area contributed by atoms with Crippen molar-refractivity contribution in [2.75, 3.05) is 5.73 Å². The first-order chi connectivity index (χ1) is 9.20. The third kappa shape index (κ3) is 1.96. The van der Waals surface area contributed by atoms with E-state index in [9.17, 15) is 0 Å². The molecule has 6 heteroatoms. The maximum Gasteiger partial charge on any atom is 0.139 e. The Hall–Kier alpha value is -2.01. The second-order valence-corrected chi connectivity index (χ2v) is 4.83. The number of anilines is 1. The van der Waals surface area contributed by atoms with Crippen molar-refractivity contribution in [2.24, 2.45) is 0 Å². The van der Waals surface area contributed by atoms with Gasteiger partial charge in [0.25, 0.3) is 0 Å². The van der Waals surface area contributed by atoms with Crippen LogP contribution in [-0.4, -0.2) is 18.9 Å². The van der Waals surface area contributed by atoms with Gasteiger partial charge in [-0.2, -0.15) is 0 Å². The summed E-state index contributed by atoms with van der Waals surface area (Å²) in [5.74, 6) is 0.579. The predicted octanol–water partition coefficient (Wildman–Crippen LogP) is 2.84. The van der Waals surface area contributed by atoms with E-state index < -0.39 is 0 Å². The highest BCUT2D eigenvalue weighted by Gasteiger charge is 2.15. The van der Waals surface area contributed by atoms with Gasteiger partial charge < -0.3 is 10.3 Å². The van der Waals surface area contributed by atoms with E-state index in [1.165, 1.54) is 0 Å². The van der Waals surface area contributed by atoms with Crippen LogP contribution in [0.2, 0.25) is 5.02 Å². The summed E-state index contributed by atoms with van der Waals surface area (Å²) in [7, 11) is 0. The Kier molecular flexibility index (Phi) is 2.91. The van der Waals surface area contributed by atoms with E-state index in [0.717, 1.165) is 30.0 Å². The fourth-order valence-corrected chi connectivity index (χ4v) is 2.32. The van der Waals surface area contributed by atoms with E-state index in [-0.39, 0.29) is 0 Å². The van der Waals surface area contributed by atoms with Gasteiger partial charge in [0, 0.05) is 12.7 Å². The summed E-state index contributed by atoms with van der Waals surface area (Å²) in [4.78, 5) is 8.74. The quantitative estimate of drug-likeness (QED) is 0.799. The van der Waals surface area contributed by atoms with Crippen LogP contribution in [-0.2, 0) is 6.54 Å². The van der Waals surface area contributed by atoms with Crippen LogP contribution < -0.4 is 5.73 Å². The van der Waals surface area contributed by atoms with Crippen LogP contribution in [0, 0.1) is 0 Å². The number of nitrogens with two attached hydrogens (primary N) is 1. The molecule has 3 rings (SSSR count). The van der Waals surface area contributed by atoms with Crippen LogP contribution in [0.15, 0.2) is 30.9 Å². The molecular formula is C13H14ClN5. The van der Waals surface area contributed by atoms with Gasteiger partial charge in [-0.15, -0.1) is 0 Å². The van der Waals surface area contributed by atoms with E-state index in [2.05, 4.69) is 21.5 Å². The number of pyridine rings is 1. The van der Waals surface area contributed by atoms with Crippen molar-refractivity contribution < 1.29 is 0 Å². The zero-order valence-electron chi connectivity index (χ0n) is 10.5. The first-order valence-corrected chi connectivity index (χ1v) is 6.52. The highest BCUT2D eigenvalue weighted by Crippen LogP contribution is 2.27. The number of hydrogen-bond donors (Lipinski definition) is 1. The van der Waals surface area contributed by atoms with Gasteiger partial charge in [-0.3, -0.25) is 4.40 Å². The second kappa shape index (κ2) is 4.59. The van der Waals surface area contributed by atoms with Crippen LogP contribution in [0.4, 0.5) is 5.82 Å². The number of rotatable bonds is 3. The van der Waals surface area contributed by atoms with Crippen molar-refractivity contribution in [1.29, 1.82) is 0 Å². The molecule has 3 heterocycles. The minimum absolute atomic E-state index is 0.579. The fourth-order valence-electron chi connectivity index (χ4n) is 2.16. The van der Waals surface area contributed by atoms with Crippen molar-refractivity contribution in [3.05, 3.63) is 35.9 Å². The Morgan fingerprint density at radius 1 is 1.37 bits per heavy atom. The second-order valence-electron chi connectivity index (χ2n) is 4.39. The van der Waals surface area contributed by atoms with Gasteiger partial charge in [-0.25, -0.2) is 9.97 Å². The normalized spacial score (nSPS) is 11.3. The molecule has 0 amide bonds. The summed E-state index contributed by atoms with van der Waals surface area (Å²) in [5.41, 5.74) is 8.62. The number of halogens is 1.